The molecule has 1 heterocycles. The number of nitrogens with zero attached hydrogens (tertiary/aromatic N) is 2. The fourth-order valence-electron chi connectivity index (χ4n) is 4.82. The van der Waals surface area contributed by atoms with Crippen molar-refractivity contribution in [3.8, 4) is 0 Å². The van der Waals surface area contributed by atoms with Crippen LogP contribution in [-0.2, 0) is 11.8 Å². The average molecular weight is 350 g/mol. The van der Waals surface area contributed by atoms with E-state index < -0.39 is 23.7 Å². The van der Waals surface area contributed by atoms with Gasteiger partial charge in [0.15, 0.2) is 0 Å². The summed E-state index contributed by atoms with van der Waals surface area (Å²) in [5, 5.41) is 13.6. The van der Waals surface area contributed by atoms with Crippen LogP contribution in [0.4, 0.5) is 8.78 Å². The molecule has 1 fully saturated rings. The largest absolute Gasteiger partial charge is 0.450 e. The van der Waals surface area contributed by atoms with E-state index in [4.69, 9.17) is 4.74 Å². The molecule has 3 atom stereocenters. The number of rotatable bonds is 4. The first-order valence-electron chi connectivity index (χ1n) is 8.54. The van der Waals surface area contributed by atoms with Crippen molar-refractivity contribution >= 4 is 5.97 Å². The van der Waals surface area contributed by atoms with Crippen LogP contribution in [0.15, 0.2) is 29.5 Å². The van der Waals surface area contributed by atoms with E-state index in [1.807, 2.05) is 0 Å². The van der Waals surface area contributed by atoms with Crippen LogP contribution >= 0.6 is 0 Å². The van der Waals surface area contributed by atoms with Gasteiger partial charge in [0.05, 0.1) is 6.61 Å². The predicted octanol–water partition coefficient (Wildman–Crippen LogP) is 2.93. The number of carbonyl (C=O) groups is 1. The maximum Gasteiger partial charge on any atom is 0.342 e. The van der Waals surface area contributed by atoms with Crippen molar-refractivity contribution in [2.24, 2.45) is 18.9 Å². The SMILES string of the molecule is Cn1cc(C(=O)OC23CCC(C4=C2CCC=C4)C3CO)c(C(F)F)n1. The predicted molar refractivity (Wildman–Crippen MR) is 85.0 cm³/mol. The molecule has 134 valence electrons. The molecule has 1 aromatic rings. The summed E-state index contributed by atoms with van der Waals surface area (Å²) in [6.07, 6.45) is 5.68. The number of hydrogen-bond acceptors (Lipinski definition) is 4. The zero-order valence-corrected chi connectivity index (χ0v) is 13.9. The first kappa shape index (κ1) is 16.4. The maximum absolute atomic E-state index is 13.2. The van der Waals surface area contributed by atoms with Gasteiger partial charge >= 0.3 is 5.97 Å². The average Bonchev–Trinajstić information content (AvgIpc) is 3.23. The van der Waals surface area contributed by atoms with Crippen LogP contribution in [0.5, 0.6) is 0 Å². The molecular formula is C18H20F2N2O3. The van der Waals surface area contributed by atoms with Gasteiger partial charge in [-0.1, -0.05) is 12.2 Å². The van der Waals surface area contributed by atoms with E-state index in [9.17, 15) is 18.7 Å². The second-order valence-electron chi connectivity index (χ2n) is 6.99. The van der Waals surface area contributed by atoms with Crippen molar-refractivity contribution in [1.82, 2.24) is 9.78 Å². The van der Waals surface area contributed by atoms with Gasteiger partial charge in [-0.2, -0.15) is 5.10 Å². The number of ether oxygens (including phenoxy) is 1. The number of aromatic nitrogens is 2. The second-order valence-corrected chi connectivity index (χ2v) is 6.99. The third kappa shape index (κ3) is 2.28. The minimum atomic E-state index is -2.85. The lowest BCUT2D eigenvalue weighted by atomic mass is 9.82. The minimum absolute atomic E-state index is 0.0898. The van der Waals surface area contributed by atoms with E-state index in [0.29, 0.717) is 6.42 Å². The summed E-state index contributed by atoms with van der Waals surface area (Å²) in [6, 6.07) is 0. The second kappa shape index (κ2) is 5.76. The molecule has 0 saturated heterocycles. The Balaban J connectivity index is 1.70. The number of fused-ring (bicyclic) bond motifs is 4. The van der Waals surface area contributed by atoms with Crippen LogP contribution < -0.4 is 0 Å². The van der Waals surface area contributed by atoms with E-state index in [0.717, 1.165) is 30.4 Å². The van der Waals surface area contributed by atoms with Gasteiger partial charge in [-0.25, -0.2) is 13.6 Å². The van der Waals surface area contributed by atoms with Crippen LogP contribution in [0.1, 0.15) is 48.2 Å². The molecule has 7 heteroatoms. The molecule has 3 aliphatic carbocycles. The lowest BCUT2D eigenvalue weighted by molar-refractivity contribution is -0.0290. The molecular weight excluding hydrogens is 330 g/mol. The smallest absolute Gasteiger partial charge is 0.342 e. The van der Waals surface area contributed by atoms with Gasteiger partial charge in [0.1, 0.15) is 16.9 Å². The molecule has 25 heavy (non-hydrogen) atoms. The van der Waals surface area contributed by atoms with Gasteiger partial charge in [0.25, 0.3) is 6.43 Å². The molecule has 4 rings (SSSR count). The Hall–Kier alpha value is -2.02. The number of allylic oxidation sites excluding steroid dienone is 3. The number of aliphatic hydroxyl groups excluding tert-OH is 1. The first-order valence-corrected chi connectivity index (χ1v) is 8.54. The summed E-state index contributed by atoms with van der Waals surface area (Å²) in [6.45, 7) is -0.0898. The number of alkyl halides is 2. The monoisotopic (exact) mass is 350 g/mol. The Morgan fingerprint density at radius 1 is 1.56 bits per heavy atom. The lowest BCUT2D eigenvalue weighted by Crippen LogP contribution is -2.41. The van der Waals surface area contributed by atoms with Gasteiger partial charge in [0.2, 0.25) is 0 Å². The van der Waals surface area contributed by atoms with Gasteiger partial charge < -0.3 is 9.84 Å². The highest BCUT2D eigenvalue weighted by atomic mass is 19.3. The molecule has 0 radical (unpaired) electrons. The number of aryl methyl sites for hydroxylation is 1. The summed E-state index contributed by atoms with van der Waals surface area (Å²) in [5.41, 5.74) is 0.583. The van der Waals surface area contributed by atoms with E-state index in [-0.39, 0.29) is 24.0 Å². The highest BCUT2D eigenvalue weighted by molar-refractivity contribution is 5.91. The Labute approximate surface area is 144 Å². The number of carbonyl (C=O) groups excluding carboxylic acids is 1. The third-order valence-electron chi connectivity index (χ3n) is 5.78. The molecule has 3 unspecified atom stereocenters. The molecule has 0 aliphatic heterocycles. The Morgan fingerprint density at radius 3 is 3.08 bits per heavy atom. The highest BCUT2D eigenvalue weighted by Crippen LogP contribution is 2.59. The summed E-state index contributed by atoms with van der Waals surface area (Å²) in [4.78, 5) is 12.7. The van der Waals surface area contributed by atoms with Crippen LogP contribution in [-0.4, -0.2) is 33.1 Å². The minimum Gasteiger partial charge on any atom is -0.450 e. The standard InChI is InChI=1S/C18H20F2N2O3/c1-22-8-12(15(21-22)16(19)20)17(24)25-18-7-6-11(14(18)9-23)10-4-2-3-5-13(10)18/h2,4,8,11,14,16,23H,3,5-7,9H2,1H3. The Morgan fingerprint density at radius 2 is 2.36 bits per heavy atom. The zero-order valence-electron chi connectivity index (χ0n) is 13.9. The number of halogens is 2. The van der Waals surface area contributed by atoms with Crippen molar-refractivity contribution in [3.63, 3.8) is 0 Å². The molecule has 0 spiro atoms. The highest BCUT2D eigenvalue weighted by Gasteiger charge is 2.60. The van der Waals surface area contributed by atoms with Gasteiger partial charge in [-0.15, -0.1) is 0 Å². The van der Waals surface area contributed by atoms with E-state index in [2.05, 4.69) is 17.3 Å². The quantitative estimate of drug-likeness (QED) is 0.848. The van der Waals surface area contributed by atoms with Crippen molar-refractivity contribution < 1.29 is 23.4 Å². The van der Waals surface area contributed by atoms with Crippen molar-refractivity contribution in [3.05, 3.63) is 40.8 Å². The lowest BCUT2D eigenvalue weighted by Gasteiger charge is -2.35. The number of aliphatic hydroxyl groups is 1. The summed E-state index contributed by atoms with van der Waals surface area (Å²) in [7, 11) is 1.49. The van der Waals surface area contributed by atoms with Crippen LogP contribution in [0.25, 0.3) is 0 Å². The third-order valence-corrected chi connectivity index (χ3v) is 5.78. The molecule has 0 amide bonds. The maximum atomic E-state index is 13.2. The molecule has 3 aliphatic rings. The topological polar surface area (TPSA) is 64.3 Å². The molecule has 0 aromatic carbocycles. The molecule has 1 saturated carbocycles. The van der Waals surface area contributed by atoms with E-state index >= 15 is 0 Å². The van der Waals surface area contributed by atoms with E-state index in [1.165, 1.54) is 17.9 Å². The zero-order chi connectivity index (χ0) is 17.8. The Bertz CT molecular complexity index is 783. The summed E-state index contributed by atoms with van der Waals surface area (Å²) in [5.74, 6) is -0.811. The van der Waals surface area contributed by atoms with Crippen LogP contribution in [0, 0.1) is 11.8 Å². The first-order chi connectivity index (χ1) is 12.0. The van der Waals surface area contributed by atoms with Gasteiger partial charge in [-0.3, -0.25) is 4.68 Å². The van der Waals surface area contributed by atoms with E-state index in [1.54, 1.807) is 0 Å². The van der Waals surface area contributed by atoms with Crippen molar-refractivity contribution in [2.75, 3.05) is 6.61 Å². The fraction of sp³-hybridized carbons (Fsp3) is 0.556. The van der Waals surface area contributed by atoms with Crippen LogP contribution in [0.3, 0.4) is 0 Å². The molecule has 2 bridgehead atoms. The molecule has 1 aromatic heterocycles. The van der Waals surface area contributed by atoms with Gasteiger partial charge in [0, 0.05) is 19.2 Å². The fourth-order valence-corrected chi connectivity index (χ4v) is 4.82. The molecule has 1 N–H and O–H groups in total. The summed E-state index contributed by atoms with van der Waals surface area (Å²) >= 11 is 0. The number of esters is 1. The van der Waals surface area contributed by atoms with Crippen LogP contribution in [0.2, 0.25) is 0 Å². The number of hydrogen-bond donors (Lipinski definition) is 1. The van der Waals surface area contributed by atoms with Gasteiger partial charge in [-0.05, 0) is 42.7 Å². The molecule has 5 nitrogen and oxygen atoms in total. The van der Waals surface area contributed by atoms with Crippen molar-refractivity contribution in [1.29, 1.82) is 0 Å². The van der Waals surface area contributed by atoms with Crippen molar-refractivity contribution in [2.45, 2.75) is 37.7 Å². The normalized spacial score (nSPS) is 30.3. The summed E-state index contributed by atoms with van der Waals surface area (Å²) < 4.78 is 33.4. The Kier molecular flexibility index (Phi) is 3.79.